The van der Waals surface area contributed by atoms with Crippen LogP contribution in [0.5, 0.6) is 0 Å². The molecule has 3 fully saturated rings. The molecule has 1 unspecified atom stereocenters. The summed E-state index contributed by atoms with van der Waals surface area (Å²) in [6.07, 6.45) is 12.2. The number of anilines is 1. The second kappa shape index (κ2) is 11.1. The van der Waals surface area contributed by atoms with Crippen molar-refractivity contribution in [3.8, 4) is 0 Å². The van der Waals surface area contributed by atoms with Crippen LogP contribution in [-0.2, 0) is 28.8 Å². The molecule has 2 aliphatic carbocycles. The third-order valence-electron chi connectivity index (χ3n) is 8.38. The van der Waals surface area contributed by atoms with Gasteiger partial charge in [-0.25, -0.2) is 4.98 Å². The Hall–Kier alpha value is -2.51. The Morgan fingerprint density at radius 3 is 2.76 bits per heavy atom. The Morgan fingerprint density at radius 2 is 1.95 bits per heavy atom. The molecule has 6 rings (SSSR count). The van der Waals surface area contributed by atoms with Gasteiger partial charge in [0, 0.05) is 54.8 Å². The Balaban J connectivity index is 1.00. The predicted molar refractivity (Wildman–Crippen MR) is 143 cm³/mol. The first-order valence-corrected chi connectivity index (χ1v) is 14.4. The van der Waals surface area contributed by atoms with E-state index in [2.05, 4.69) is 34.5 Å². The van der Waals surface area contributed by atoms with Gasteiger partial charge in [-0.3, -0.25) is 14.7 Å². The molecule has 0 spiro atoms. The third-order valence-corrected chi connectivity index (χ3v) is 8.38. The summed E-state index contributed by atoms with van der Waals surface area (Å²) in [4.78, 5) is 24.3. The van der Waals surface area contributed by atoms with Crippen LogP contribution in [0.25, 0.3) is 0 Å². The maximum atomic E-state index is 12.5. The molecular formula is C30H40N4O3. The first kappa shape index (κ1) is 24.8. The minimum absolute atomic E-state index is 0.0967. The maximum absolute atomic E-state index is 12.5. The number of carboxylic acid groups (broad SMARTS) is 1. The molecule has 2 saturated carbocycles. The molecule has 2 N–H and O–H groups in total. The molecule has 1 saturated heterocycles. The molecule has 2 aromatic rings. The molecule has 4 aliphatic rings. The molecule has 7 nitrogen and oxygen atoms in total. The fourth-order valence-corrected chi connectivity index (χ4v) is 5.95. The SMILES string of the molecule is O=C(O)C(c1ccc(CC2CC2)nc1C1CC1)N1CC[C@@H](OCCCCc2ccc3c(n2)NCCC3)C1. The molecule has 0 bridgehead atoms. The van der Waals surface area contributed by atoms with Gasteiger partial charge in [0.25, 0.3) is 0 Å². The van der Waals surface area contributed by atoms with Crippen LogP contribution in [-0.4, -0.2) is 58.3 Å². The van der Waals surface area contributed by atoms with Gasteiger partial charge in [-0.15, -0.1) is 0 Å². The number of rotatable bonds is 12. The van der Waals surface area contributed by atoms with E-state index in [9.17, 15) is 9.90 Å². The molecule has 2 aliphatic heterocycles. The number of likely N-dealkylation sites (tertiary alicyclic amines) is 1. The van der Waals surface area contributed by atoms with Crippen LogP contribution in [0.1, 0.15) is 91.5 Å². The quantitative estimate of drug-likeness (QED) is 0.397. The van der Waals surface area contributed by atoms with Crippen LogP contribution in [0.15, 0.2) is 24.3 Å². The minimum Gasteiger partial charge on any atom is -0.480 e. The number of hydrogen-bond donors (Lipinski definition) is 2. The molecule has 0 aromatic carbocycles. The lowest BCUT2D eigenvalue weighted by Gasteiger charge is -2.26. The summed E-state index contributed by atoms with van der Waals surface area (Å²) < 4.78 is 6.20. The largest absolute Gasteiger partial charge is 0.480 e. The number of hydrogen-bond acceptors (Lipinski definition) is 6. The van der Waals surface area contributed by atoms with Gasteiger partial charge in [-0.05, 0) is 94.2 Å². The summed E-state index contributed by atoms with van der Waals surface area (Å²) in [5.41, 5.74) is 5.57. The van der Waals surface area contributed by atoms with E-state index < -0.39 is 12.0 Å². The average Bonchev–Trinajstić information content (AvgIpc) is 3.84. The van der Waals surface area contributed by atoms with Gasteiger partial charge in [0.05, 0.1) is 6.10 Å². The molecule has 7 heteroatoms. The van der Waals surface area contributed by atoms with Crippen molar-refractivity contribution in [1.82, 2.24) is 14.9 Å². The van der Waals surface area contributed by atoms with Gasteiger partial charge in [-0.1, -0.05) is 12.1 Å². The highest BCUT2D eigenvalue weighted by molar-refractivity contribution is 5.76. The van der Waals surface area contributed by atoms with Crippen LogP contribution in [0.4, 0.5) is 5.82 Å². The van der Waals surface area contributed by atoms with E-state index in [1.165, 1.54) is 24.8 Å². The highest BCUT2D eigenvalue weighted by Crippen LogP contribution is 2.44. The molecule has 0 amide bonds. The fourth-order valence-electron chi connectivity index (χ4n) is 5.95. The summed E-state index contributed by atoms with van der Waals surface area (Å²) in [6.45, 7) is 3.15. The lowest BCUT2D eigenvalue weighted by molar-refractivity contribution is -0.143. The van der Waals surface area contributed by atoms with Crippen molar-refractivity contribution in [2.24, 2.45) is 5.92 Å². The van der Waals surface area contributed by atoms with Crippen molar-refractivity contribution in [2.45, 2.75) is 88.7 Å². The topological polar surface area (TPSA) is 87.6 Å². The van der Waals surface area contributed by atoms with Crippen molar-refractivity contribution in [1.29, 1.82) is 0 Å². The Kier molecular flexibility index (Phi) is 7.43. The monoisotopic (exact) mass is 504 g/mol. The van der Waals surface area contributed by atoms with Crippen LogP contribution in [0, 0.1) is 5.92 Å². The normalized spacial score (nSPS) is 22.4. The third kappa shape index (κ3) is 6.15. The molecule has 2 atom stereocenters. The van der Waals surface area contributed by atoms with Gasteiger partial charge in [0.2, 0.25) is 0 Å². The molecule has 0 radical (unpaired) electrons. The zero-order valence-corrected chi connectivity index (χ0v) is 21.8. The lowest BCUT2D eigenvalue weighted by Crippen LogP contribution is -2.34. The van der Waals surface area contributed by atoms with E-state index in [4.69, 9.17) is 14.7 Å². The number of ether oxygens (including phenoxy) is 1. The molecule has 4 heterocycles. The number of unbranched alkanes of at least 4 members (excludes halogenated alkanes) is 1. The number of nitrogens with zero attached hydrogens (tertiary/aromatic N) is 3. The fraction of sp³-hybridized carbons (Fsp3) is 0.633. The minimum atomic E-state index is -0.772. The van der Waals surface area contributed by atoms with Gasteiger partial charge >= 0.3 is 5.97 Å². The van der Waals surface area contributed by atoms with E-state index in [1.807, 2.05) is 0 Å². The number of aromatic nitrogens is 2. The first-order valence-electron chi connectivity index (χ1n) is 14.4. The molecule has 2 aromatic heterocycles. The smallest absolute Gasteiger partial charge is 0.325 e. The Labute approximate surface area is 220 Å². The van der Waals surface area contributed by atoms with Crippen molar-refractivity contribution in [2.75, 3.05) is 31.6 Å². The van der Waals surface area contributed by atoms with Gasteiger partial charge in [0.1, 0.15) is 11.9 Å². The number of carboxylic acids is 1. The summed E-state index contributed by atoms with van der Waals surface area (Å²) >= 11 is 0. The van der Waals surface area contributed by atoms with Crippen molar-refractivity contribution in [3.63, 3.8) is 0 Å². The maximum Gasteiger partial charge on any atom is 0.325 e. The first-order chi connectivity index (χ1) is 18.1. The van der Waals surface area contributed by atoms with Crippen molar-refractivity contribution >= 4 is 11.8 Å². The summed E-state index contributed by atoms with van der Waals surface area (Å²) in [5.74, 6) is 1.51. The van der Waals surface area contributed by atoms with Crippen molar-refractivity contribution < 1.29 is 14.6 Å². The molecule has 198 valence electrons. The number of aliphatic carboxylic acids is 1. The summed E-state index contributed by atoms with van der Waals surface area (Å²) in [7, 11) is 0. The number of fused-ring (bicyclic) bond motifs is 1. The zero-order chi connectivity index (χ0) is 25.2. The van der Waals surface area contributed by atoms with Crippen LogP contribution in [0.3, 0.4) is 0 Å². The zero-order valence-electron chi connectivity index (χ0n) is 21.8. The lowest BCUT2D eigenvalue weighted by atomic mass is 9.99. The second-order valence-corrected chi connectivity index (χ2v) is 11.5. The number of carbonyl (C=O) groups is 1. The van der Waals surface area contributed by atoms with E-state index >= 15 is 0 Å². The van der Waals surface area contributed by atoms with E-state index in [0.717, 1.165) is 98.8 Å². The Morgan fingerprint density at radius 1 is 1.08 bits per heavy atom. The Bertz CT molecular complexity index is 1110. The van der Waals surface area contributed by atoms with Crippen LogP contribution >= 0.6 is 0 Å². The highest BCUT2D eigenvalue weighted by Gasteiger charge is 2.38. The number of aryl methyl sites for hydroxylation is 2. The van der Waals surface area contributed by atoms with Gasteiger partial charge in [0.15, 0.2) is 0 Å². The second-order valence-electron chi connectivity index (χ2n) is 11.5. The van der Waals surface area contributed by atoms with Crippen LogP contribution < -0.4 is 5.32 Å². The van der Waals surface area contributed by atoms with E-state index in [1.54, 1.807) is 0 Å². The van der Waals surface area contributed by atoms with Crippen LogP contribution in [0.2, 0.25) is 0 Å². The number of pyridine rings is 2. The highest BCUT2D eigenvalue weighted by atomic mass is 16.5. The predicted octanol–water partition coefficient (Wildman–Crippen LogP) is 4.90. The van der Waals surface area contributed by atoms with Crippen molar-refractivity contribution in [3.05, 3.63) is 52.5 Å². The molecular weight excluding hydrogens is 464 g/mol. The number of nitrogens with one attached hydrogen (secondary N) is 1. The summed E-state index contributed by atoms with van der Waals surface area (Å²) in [6, 6.07) is 7.90. The van der Waals surface area contributed by atoms with Gasteiger partial charge < -0.3 is 15.2 Å². The average molecular weight is 505 g/mol. The summed E-state index contributed by atoms with van der Waals surface area (Å²) in [5, 5.41) is 13.6. The van der Waals surface area contributed by atoms with Gasteiger partial charge in [-0.2, -0.15) is 0 Å². The molecule has 37 heavy (non-hydrogen) atoms. The standard InChI is InChI=1S/C30H40N4O3/c35-30(36)28(26-13-12-24(18-20-6-7-20)32-27(26)21-8-9-21)34-16-14-25(19-34)37-17-2-1-5-23-11-10-22-4-3-15-31-29(22)33-23/h10-13,20-21,25,28H,1-9,14-19H2,(H,31,33)(H,35,36)/t25-,28?/m1/s1. The van der Waals surface area contributed by atoms with E-state index in [0.29, 0.717) is 19.1 Å². The van der Waals surface area contributed by atoms with E-state index in [-0.39, 0.29) is 6.10 Å².